The fourth-order valence-corrected chi connectivity index (χ4v) is 5.81. The van der Waals surface area contributed by atoms with Gasteiger partial charge in [-0.25, -0.2) is 28.1 Å². The number of carbonyl (C=O) groups is 1. The number of alkyl halides is 3. The average Bonchev–Trinajstić information content (AvgIpc) is 3.18. The van der Waals surface area contributed by atoms with E-state index in [-0.39, 0.29) is 17.1 Å². The van der Waals surface area contributed by atoms with Crippen molar-refractivity contribution in [3.8, 4) is 5.19 Å². The summed E-state index contributed by atoms with van der Waals surface area (Å²) in [6, 6.07) is 0.210. The van der Waals surface area contributed by atoms with Gasteiger partial charge in [0, 0.05) is 54.5 Å². The van der Waals surface area contributed by atoms with Crippen molar-refractivity contribution in [2.24, 2.45) is 5.92 Å². The maximum Gasteiger partial charge on any atom is 0.277 e. The SMILES string of the molecule is Cc1ncc(/C=C/C(=O)NC2CCC(CCN3CCc4nc(OC(CF)C(F)F)sc4CC3)CC2)cn1. The lowest BCUT2D eigenvalue weighted by atomic mass is 9.84. The van der Waals surface area contributed by atoms with Gasteiger partial charge in [0.1, 0.15) is 12.5 Å². The lowest BCUT2D eigenvalue weighted by Gasteiger charge is -2.30. The van der Waals surface area contributed by atoms with Gasteiger partial charge in [-0.15, -0.1) is 0 Å². The van der Waals surface area contributed by atoms with E-state index in [1.165, 1.54) is 11.3 Å². The van der Waals surface area contributed by atoms with Crippen molar-refractivity contribution in [1.82, 2.24) is 25.2 Å². The van der Waals surface area contributed by atoms with Gasteiger partial charge in [0.2, 0.25) is 5.91 Å². The van der Waals surface area contributed by atoms with Crippen LogP contribution in [0.2, 0.25) is 0 Å². The Morgan fingerprint density at radius 3 is 2.65 bits per heavy atom. The lowest BCUT2D eigenvalue weighted by molar-refractivity contribution is -0.117. The summed E-state index contributed by atoms with van der Waals surface area (Å²) < 4.78 is 43.4. The molecule has 2 aromatic heterocycles. The Labute approximate surface area is 219 Å². The normalized spacial score (nSPS) is 21.5. The van der Waals surface area contributed by atoms with E-state index < -0.39 is 19.2 Å². The molecular formula is C26H34F3N5O2S. The van der Waals surface area contributed by atoms with Crippen LogP contribution < -0.4 is 10.1 Å². The highest BCUT2D eigenvalue weighted by Crippen LogP contribution is 2.31. The van der Waals surface area contributed by atoms with Crippen LogP contribution >= 0.6 is 11.3 Å². The predicted octanol–water partition coefficient (Wildman–Crippen LogP) is 4.40. The molecule has 2 aliphatic rings. The second-order valence-electron chi connectivity index (χ2n) is 9.75. The maximum absolute atomic E-state index is 12.8. The molecule has 1 saturated carbocycles. The minimum atomic E-state index is -2.87. The summed E-state index contributed by atoms with van der Waals surface area (Å²) in [6.07, 6.45) is 8.88. The van der Waals surface area contributed by atoms with Crippen LogP contribution in [-0.2, 0) is 17.6 Å². The molecule has 37 heavy (non-hydrogen) atoms. The predicted molar refractivity (Wildman–Crippen MR) is 137 cm³/mol. The first-order chi connectivity index (χ1) is 17.9. The van der Waals surface area contributed by atoms with Crippen molar-refractivity contribution in [3.05, 3.63) is 40.4 Å². The van der Waals surface area contributed by atoms with Crippen LogP contribution in [0.25, 0.3) is 6.08 Å². The van der Waals surface area contributed by atoms with Gasteiger partial charge in [-0.3, -0.25) is 4.79 Å². The number of hydrogen-bond acceptors (Lipinski definition) is 7. The molecule has 202 valence electrons. The zero-order valence-corrected chi connectivity index (χ0v) is 21.9. The zero-order chi connectivity index (χ0) is 26.2. The summed E-state index contributed by atoms with van der Waals surface area (Å²) >= 11 is 1.26. The van der Waals surface area contributed by atoms with E-state index >= 15 is 0 Å². The largest absolute Gasteiger partial charge is 0.458 e. The van der Waals surface area contributed by atoms with Crippen molar-refractivity contribution in [2.45, 2.75) is 70.4 Å². The summed E-state index contributed by atoms with van der Waals surface area (Å²) in [5.74, 6) is 1.26. The summed E-state index contributed by atoms with van der Waals surface area (Å²) in [5, 5.41) is 3.26. The first-order valence-corrected chi connectivity index (χ1v) is 13.7. The summed E-state index contributed by atoms with van der Waals surface area (Å²) in [5.41, 5.74) is 1.68. The highest BCUT2D eigenvalue weighted by atomic mass is 32.1. The van der Waals surface area contributed by atoms with Crippen molar-refractivity contribution in [3.63, 3.8) is 0 Å². The van der Waals surface area contributed by atoms with Crippen LogP contribution in [0.1, 0.15) is 54.1 Å². The third-order valence-electron chi connectivity index (χ3n) is 7.04. The molecule has 3 heterocycles. The van der Waals surface area contributed by atoms with Crippen LogP contribution in [0.5, 0.6) is 5.19 Å². The molecule has 0 radical (unpaired) electrons. The summed E-state index contributed by atoms with van der Waals surface area (Å²) in [6.45, 7) is 3.35. The average molecular weight is 538 g/mol. The molecule has 1 atom stereocenters. The smallest absolute Gasteiger partial charge is 0.277 e. The first-order valence-electron chi connectivity index (χ1n) is 12.9. The number of carbonyl (C=O) groups excluding carboxylic acids is 1. The summed E-state index contributed by atoms with van der Waals surface area (Å²) in [7, 11) is 0. The summed E-state index contributed by atoms with van der Waals surface area (Å²) in [4.78, 5) is 28.4. The molecule has 1 aliphatic carbocycles. The molecule has 4 rings (SSSR count). The molecule has 0 spiro atoms. The van der Waals surface area contributed by atoms with E-state index in [1.807, 2.05) is 6.92 Å². The van der Waals surface area contributed by atoms with Crippen molar-refractivity contribution >= 4 is 23.3 Å². The number of ether oxygens (including phenoxy) is 1. The van der Waals surface area contributed by atoms with Crippen molar-refractivity contribution < 1.29 is 22.7 Å². The standard InChI is InChI=1S/C26H34F3N5O2S/c1-17-30-15-19(16-31-17)4-7-24(35)32-20-5-2-18(3-6-20)8-11-34-12-9-21-23(10-13-34)37-26(33-21)36-22(14-27)25(28)29/h4,7,15-16,18,20,22,25H,2-3,5-6,8-14H2,1H3,(H,32,35)/b7-4+. The Balaban J connectivity index is 1.14. The third-order valence-corrected chi connectivity index (χ3v) is 8.09. The number of fused-ring (bicyclic) bond motifs is 1. The molecule has 11 heteroatoms. The quantitative estimate of drug-likeness (QED) is 0.453. The van der Waals surface area contributed by atoms with Crippen LogP contribution in [0, 0.1) is 12.8 Å². The van der Waals surface area contributed by atoms with Crippen molar-refractivity contribution in [2.75, 3.05) is 26.3 Å². The Kier molecular flexibility index (Phi) is 9.90. The number of halogens is 3. The number of nitrogens with zero attached hydrogens (tertiary/aromatic N) is 4. The number of aromatic nitrogens is 3. The fraction of sp³-hybridized carbons (Fsp3) is 0.615. The maximum atomic E-state index is 12.8. The van der Waals surface area contributed by atoms with Gasteiger partial charge in [-0.2, -0.15) is 0 Å². The number of rotatable bonds is 10. The minimum absolute atomic E-state index is 0.0855. The second-order valence-corrected chi connectivity index (χ2v) is 10.8. The Bertz CT molecular complexity index is 1020. The molecule has 0 saturated heterocycles. The second kappa shape index (κ2) is 13.3. The Morgan fingerprint density at radius 2 is 1.95 bits per heavy atom. The van der Waals surface area contributed by atoms with E-state index in [0.29, 0.717) is 11.7 Å². The van der Waals surface area contributed by atoms with Crippen molar-refractivity contribution in [1.29, 1.82) is 0 Å². The minimum Gasteiger partial charge on any atom is -0.458 e. The molecule has 1 amide bonds. The van der Waals surface area contributed by atoms with Gasteiger partial charge in [-0.1, -0.05) is 11.3 Å². The molecule has 1 fully saturated rings. The van der Waals surface area contributed by atoms with E-state index in [0.717, 1.165) is 80.7 Å². The topological polar surface area (TPSA) is 80.2 Å². The number of aryl methyl sites for hydroxylation is 1. The molecule has 1 unspecified atom stereocenters. The number of hydrogen-bond donors (Lipinski definition) is 1. The molecule has 0 aromatic carbocycles. The molecule has 7 nitrogen and oxygen atoms in total. The van der Waals surface area contributed by atoms with Gasteiger partial charge in [0.05, 0.1) is 5.69 Å². The molecule has 1 N–H and O–H groups in total. The first kappa shape index (κ1) is 27.5. The number of nitrogens with one attached hydrogen (secondary N) is 1. The van der Waals surface area contributed by atoms with Gasteiger partial charge in [0.15, 0.2) is 6.10 Å². The van der Waals surface area contributed by atoms with Crippen LogP contribution in [0.3, 0.4) is 0 Å². The van der Waals surface area contributed by atoms with E-state index in [9.17, 15) is 18.0 Å². The van der Waals surface area contributed by atoms with Crippen LogP contribution in [0.4, 0.5) is 13.2 Å². The van der Waals surface area contributed by atoms with Gasteiger partial charge in [-0.05, 0) is 64.0 Å². The zero-order valence-electron chi connectivity index (χ0n) is 21.0. The molecule has 2 aromatic rings. The highest BCUT2D eigenvalue weighted by Gasteiger charge is 2.26. The van der Waals surface area contributed by atoms with E-state index in [2.05, 4.69) is 25.2 Å². The van der Waals surface area contributed by atoms with Crippen LogP contribution in [0.15, 0.2) is 18.5 Å². The lowest BCUT2D eigenvalue weighted by Crippen LogP contribution is -2.37. The van der Waals surface area contributed by atoms with Gasteiger partial charge < -0.3 is 15.0 Å². The Hall–Kier alpha value is -2.53. The third kappa shape index (κ3) is 8.23. The molecule has 0 bridgehead atoms. The van der Waals surface area contributed by atoms with E-state index in [1.54, 1.807) is 24.5 Å². The number of thiazole rings is 1. The van der Waals surface area contributed by atoms with E-state index in [4.69, 9.17) is 4.74 Å². The number of amides is 1. The molecular weight excluding hydrogens is 503 g/mol. The Morgan fingerprint density at radius 1 is 1.22 bits per heavy atom. The van der Waals surface area contributed by atoms with Gasteiger partial charge in [0.25, 0.3) is 11.6 Å². The monoisotopic (exact) mass is 537 g/mol. The highest BCUT2D eigenvalue weighted by molar-refractivity contribution is 7.13. The fourth-order valence-electron chi connectivity index (χ4n) is 4.81. The molecule has 1 aliphatic heterocycles. The van der Waals surface area contributed by atoms with Crippen LogP contribution in [-0.4, -0.2) is 70.6 Å². The van der Waals surface area contributed by atoms with Gasteiger partial charge >= 0.3 is 0 Å².